The van der Waals surface area contributed by atoms with Gasteiger partial charge in [0, 0.05) is 24.7 Å². The van der Waals surface area contributed by atoms with E-state index in [4.69, 9.17) is 9.47 Å². The van der Waals surface area contributed by atoms with Crippen LogP contribution in [-0.2, 0) is 19.1 Å². The van der Waals surface area contributed by atoms with Crippen LogP contribution in [-0.4, -0.2) is 34.9 Å². The summed E-state index contributed by atoms with van der Waals surface area (Å²) in [7, 11) is 0. The monoisotopic (exact) mass is 514 g/mol. The number of fused-ring (bicyclic) bond motifs is 4. The minimum atomic E-state index is -0.616. The van der Waals surface area contributed by atoms with E-state index in [2.05, 4.69) is 54.5 Å². The summed E-state index contributed by atoms with van der Waals surface area (Å²) in [5.41, 5.74) is 0.255. The number of aliphatic hydroxyl groups excluding tert-OH is 1. The second kappa shape index (κ2) is 8.57. The Morgan fingerprint density at radius 2 is 1.78 bits per heavy atom. The number of cyclic esters (lactones) is 1. The van der Waals surface area contributed by atoms with E-state index >= 15 is 0 Å². The minimum Gasteiger partial charge on any atom is -0.462 e. The van der Waals surface area contributed by atoms with Gasteiger partial charge in [0.25, 0.3) is 0 Å². The zero-order chi connectivity index (χ0) is 27.2. The Labute approximate surface area is 224 Å². The molecule has 1 heterocycles. The maximum Gasteiger partial charge on any atom is 0.313 e. The van der Waals surface area contributed by atoms with Gasteiger partial charge in [-0.2, -0.15) is 0 Å². The van der Waals surface area contributed by atoms with Crippen molar-refractivity contribution in [3.05, 3.63) is 11.6 Å². The number of aliphatic hydroxyl groups is 1. The normalized spacial score (nSPS) is 46.8. The van der Waals surface area contributed by atoms with Crippen molar-refractivity contribution in [1.29, 1.82) is 0 Å². The van der Waals surface area contributed by atoms with E-state index in [1.807, 2.05) is 0 Å². The third-order valence-electron chi connectivity index (χ3n) is 12.4. The summed E-state index contributed by atoms with van der Waals surface area (Å²) in [5.74, 6) is 1.16. The summed E-state index contributed by atoms with van der Waals surface area (Å²) in [5, 5.41) is 10.9. The lowest BCUT2D eigenvalue weighted by atomic mass is 9.41. The van der Waals surface area contributed by atoms with Crippen molar-refractivity contribution in [2.24, 2.45) is 45.3 Å². The highest BCUT2D eigenvalue weighted by Crippen LogP contribution is 2.76. The van der Waals surface area contributed by atoms with E-state index in [1.165, 1.54) is 12.5 Å². The van der Waals surface area contributed by atoms with Gasteiger partial charge in [-0.05, 0) is 86.9 Å². The molecule has 208 valence electrons. The van der Waals surface area contributed by atoms with Crippen LogP contribution in [0.5, 0.6) is 0 Å². The maximum atomic E-state index is 14.1. The van der Waals surface area contributed by atoms with Gasteiger partial charge in [0.1, 0.15) is 11.7 Å². The molecule has 1 aliphatic heterocycles. The van der Waals surface area contributed by atoms with Crippen molar-refractivity contribution < 1.29 is 24.2 Å². The maximum absolute atomic E-state index is 14.1. The molecule has 0 aromatic heterocycles. The molecule has 1 saturated heterocycles. The smallest absolute Gasteiger partial charge is 0.313 e. The van der Waals surface area contributed by atoms with Crippen molar-refractivity contribution in [1.82, 2.24) is 0 Å². The van der Waals surface area contributed by atoms with Crippen LogP contribution in [0.2, 0.25) is 0 Å². The number of allylic oxidation sites excluding steroid dienone is 2. The van der Waals surface area contributed by atoms with Gasteiger partial charge in [-0.1, -0.05) is 53.2 Å². The molecule has 0 aromatic rings. The predicted molar refractivity (Wildman–Crippen MR) is 143 cm³/mol. The second-order valence-electron chi connectivity index (χ2n) is 15.1. The third kappa shape index (κ3) is 3.64. The fraction of sp³-hybridized carbons (Fsp3) is 0.875. The fourth-order valence-electron chi connectivity index (χ4n) is 10.7. The van der Waals surface area contributed by atoms with Crippen LogP contribution in [0.1, 0.15) is 113 Å². The van der Waals surface area contributed by atoms with Crippen molar-refractivity contribution in [2.45, 2.75) is 131 Å². The zero-order valence-electron chi connectivity index (χ0n) is 24.5. The van der Waals surface area contributed by atoms with E-state index < -0.39 is 11.0 Å². The second-order valence-corrected chi connectivity index (χ2v) is 15.1. The van der Waals surface area contributed by atoms with Gasteiger partial charge in [-0.3, -0.25) is 9.59 Å². The molecule has 5 rings (SSSR count). The molecule has 4 aliphatic carbocycles. The van der Waals surface area contributed by atoms with Gasteiger partial charge in [0.2, 0.25) is 0 Å². The van der Waals surface area contributed by atoms with Crippen molar-refractivity contribution >= 4 is 11.9 Å². The summed E-state index contributed by atoms with van der Waals surface area (Å²) in [6.07, 6.45) is 10.1. The molecule has 9 atom stereocenters. The predicted octanol–water partition coefficient (Wildman–Crippen LogP) is 6.62. The molecule has 0 radical (unpaired) electrons. The number of carbonyl (C=O) groups is 2. The van der Waals surface area contributed by atoms with Gasteiger partial charge in [-0.15, -0.1) is 0 Å². The zero-order valence-corrected chi connectivity index (χ0v) is 24.5. The molecule has 1 spiro atoms. The molecule has 37 heavy (non-hydrogen) atoms. The molecule has 5 heteroatoms. The first-order valence-corrected chi connectivity index (χ1v) is 14.9. The van der Waals surface area contributed by atoms with Gasteiger partial charge < -0.3 is 14.6 Å². The van der Waals surface area contributed by atoms with Gasteiger partial charge in [0.05, 0.1) is 11.5 Å². The molecule has 3 saturated carbocycles. The van der Waals surface area contributed by atoms with E-state index in [9.17, 15) is 14.7 Å². The summed E-state index contributed by atoms with van der Waals surface area (Å²) in [6, 6.07) is 0. The molecule has 0 amide bonds. The fourth-order valence-corrected chi connectivity index (χ4v) is 10.7. The lowest BCUT2D eigenvalue weighted by Gasteiger charge is -2.63. The van der Waals surface area contributed by atoms with E-state index in [0.717, 1.165) is 51.4 Å². The number of esters is 2. The first kappa shape index (κ1) is 27.2. The van der Waals surface area contributed by atoms with E-state index in [-0.39, 0.29) is 46.3 Å². The van der Waals surface area contributed by atoms with Gasteiger partial charge in [-0.25, -0.2) is 0 Å². The Balaban J connectivity index is 1.49. The van der Waals surface area contributed by atoms with Crippen LogP contribution < -0.4 is 0 Å². The first-order chi connectivity index (χ1) is 17.1. The SMILES string of the molecule is CC(=O)O[C@@H](CC(C)C)C[C@]1(C)OC(=O)C23CCC4C(=CCC5C(C)(C)C(O)CCC45C)[C@]2(C)CCC31. The molecule has 0 bridgehead atoms. The number of hydrogen-bond acceptors (Lipinski definition) is 5. The largest absolute Gasteiger partial charge is 0.462 e. The molecular formula is C32H50O5. The van der Waals surface area contributed by atoms with Crippen LogP contribution in [0.15, 0.2) is 11.6 Å². The van der Waals surface area contributed by atoms with E-state index in [1.54, 1.807) is 0 Å². The highest BCUT2D eigenvalue weighted by molar-refractivity contribution is 5.83. The highest BCUT2D eigenvalue weighted by atomic mass is 16.6. The molecule has 5 nitrogen and oxygen atoms in total. The third-order valence-corrected chi connectivity index (χ3v) is 12.4. The van der Waals surface area contributed by atoms with Crippen LogP contribution in [0.25, 0.3) is 0 Å². The van der Waals surface area contributed by atoms with Crippen LogP contribution in [0, 0.1) is 45.3 Å². The molecule has 1 N–H and O–H groups in total. The Hall–Kier alpha value is -1.36. The van der Waals surface area contributed by atoms with Gasteiger partial charge >= 0.3 is 11.9 Å². The molecular weight excluding hydrogens is 464 g/mol. The standard InChI is InChI=1S/C32H50O5/c1-19(2)17-21(36-20(3)33)18-31(8)25-12-15-30(7)23-9-10-24-28(4,5)26(34)13-14-29(24,6)22(23)11-16-32(25,30)27(35)37-31/h9,19,21-22,24-26,34H,10-18H2,1-8H3/t21-,22?,24?,25?,26?,29?,30-,31-,32?/m0/s1. The summed E-state index contributed by atoms with van der Waals surface area (Å²) < 4.78 is 12.2. The quantitative estimate of drug-likeness (QED) is 0.330. The number of hydrogen-bond donors (Lipinski definition) is 1. The average molecular weight is 515 g/mol. The average Bonchev–Trinajstić information content (AvgIpc) is 3.20. The summed E-state index contributed by atoms with van der Waals surface area (Å²) >= 11 is 0. The Morgan fingerprint density at radius 3 is 2.43 bits per heavy atom. The molecule has 6 unspecified atom stereocenters. The lowest BCUT2D eigenvalue weighted by Crippen LogP contribution is -2.59. The van der Waals surface area contributed by atoms with E-state index in [0.29, 0.717) is 24.2 Å². The van der Waals surface area contributed by atoms with Crippen LogP contribution in [0.3, 0.4) is 0 Å². The van der Waals surface area contributed by atoms with Gasteiger partial charge in [0.15, 0.2) is 0 Å². The molecule has 4 fully saturated rings. The number of rotatable bonds is 5. The molecule has 0 aromatic carbocycles. The summed E-state index contributed by atoms with van der Waals surface area (Å²) in [6.45, 7) is 17.2. The first-order valence-electron chi connectivity index (χ1n) is 14.9. The van der Waals surface area contributed by atoms with Crippen molar-refractivity contribution in [3.63, 3.8) is 0 Å². The number of carbonyl (C=O) groups excluding carboxylic acids is 2. The number of ether oxygens (including phenoxy) is 2. The van der Waals surface area contributed by atoms with Crippen molar-refractivity contribution in [2.75, 3.05) is 0 Å². The van der Waals surface area contributed by atoms with Crippen LogP contribution >= 0.6 is 0 Å². The van der Waals surface area contributed by atoms with Crippen LogP contribution in [0.4, 0.5) is 0 Å². The Kier molecular flexibility index (Phi) is 6.30. The Bertz CT molecular complexity index is 997. The lowest BCUT2D eigenvalue weighted by molar-refractivity contribution is -0.164. The Morgan fingerprint density at radius 1 is 1.08 bits per heavy atom. The topological polar surface area (TPSA) is 72.8 Å². The minimum absolute atomic E-state index is 0.0165. The molecule has 5 aliphatic rings. The van der Waals surface area contributed by atoms with Crippen molar-refractivity contribution in [3.8, 4) is 0 Å². The summed E-state index contributed by atoms with van der Waals surface area (Å²) in [4.78, 5) is 26.0. The highest BCUT2D eigenvalue weighted by Gasteiger charge is 2.76.